The number of nitrogens with one attached hydrogen (secondary N) is 1. The van der Waals surface area contributed by atoms with Gasteiger partial charge in [0, 0.05) is 19.6 Å². The molecule has 3 rings (SSSR count). The molecule has 0 aromatic heterocycles. The average Bonchev–Trinajstić information content (AvgIpc) is 2.68. The molecule has 28 heavy (non-hydrogen) atoms. The van der Waals surface area contributed by atoms with E-state index < -0.39 is 27.8 Å². The molecular formula is C20H23FN2O4S. The largest absolute Gasteiger partial charge is 0.387 e. The molecule has 0 aliphatic carbocycles. The number of aliphatic hydroxyl groups excluding tert-OH is 1. The van der Waals surface area contributed by atoms with Gasteiger partial charge >= 0.3 is 0 Å². The molecule has 1 aliphatic heterocycles. The molecule has 0 bridgehead atoms. The molecule has 0 spiro atoms. The van der Waals surface area contributed by atoms with Crippen molar-refractivity contribution in [1.29, 1.82) is 0 Å². The van der Waals surface area contributed by atoms with Crippen LogP contribution >= 0.6 is 0 Å². The molecule has 0 radical (unpaired) electrons. The molecule has 2 N–H and O–H groups in total. The van der Waals surface area contributed by atoms with E-state index in [2.05, 4.69) is 5.32 Å². The summed E-state index contributed by atoms with van der Waals surface area (Å²) >= 11 is 0. The highest BCUT2D eigenvalue weighted by atomic mass is 32.2. The van der Waals surface area contributed by atoms with Crippen molar-refractivity contribution in [3.8, 4) is 0 Å². The first kappa shape index (κ1) is 20.4. The van der Waals surface area contributed by atoms with Crippen molar-refractivity contribution in [2.75, 3.05) is 31.1 Å². The predicted octanol–water partition coefficient (Wildman–Crippen LogP) is 1.45. The van der Waals surface area contributed by atoms with Crippen LogP contribution in [0.25, 0.3) is 0 Å². The number of hydrogen-bond donors (Lipinski definition) is 2. The van der Waals surface area contributed by atoms with Crippen molar-refractivity contribution in [2.24, 2.45) is 0 Å². The average molecular weight is 406 g/mol. The van der Waals surface area contributed by atoms with Gasteiger partial charge in [-0.25, -0.2) is 12.8 Å². The van der Waals surface area contributed by atoms with Crippen LogP contribution in [0.15, 0.2) is 54.6 Å². The molecule has 1 fully saturated rings. The van der Waals surface area contributed by atoms with Crippen LogP contribution in [-0.2, 0) is 14.6 Å². The third kappa shape index (κ3) is 5.15. The first-order valence-electron chi connectivity index (χ1n) is 9.06. The quantitative estimate of drug-likeness (QED) is 0.758. The second kappa shape index (κ2) is 8.81. The van der Waals surface area contributed by atoms with Crippen LogP contribution in [-0.4, -0.2) is 55.5 Å². The highest BCUT2D eigenvalue weighted by Gasteiger charge is 2.32. The molecule has 6 nitrogen and oxygen atoms in total. The number of rotatable bonds is 6. The van der Waals surface area contributed by atoms with Gasteiger partial charge in [-0.15, -0.1) is 0 Å². The number of aliphatic hydroxyl groups is 1. The van der Waals surface area contributed by atoms with Gasteiger partial charge in [-0.1, -0.05) is 42.5 Å². The number of amides is 1. The summed E-state index contributed by atoms with van der Waals surface area (Å²) in [6.07, 6.45) is -1.04. The van der Waals surface area contributed by atoms with E-state index >= 15 is 0 Å². The van der Waals surface area contributed by atoms with E-state index in [1.807, 2.05) is 35.2 Å². The highest BCUT2D eigenvalue weighted by Crippen LogP contribution is 2.23. The molecule has 150 valence electrons. The molecule has 1 amide bonds. The molecule has 1 saturated heterocycles. The lowest BCUT2D eigenvalue weighted by molar-refractivity contribution is -0.127. The van der Waals surface area contributed by atoms with Crippen LogP contribution in [0.2, 0.25) is 0 Å². The van der Waals surface area contributed by atoms with E-state index in [0.717, 1.165) is 5.56 Å². The number of sulfone groups is 1. The normalized spacial score (nSPS) is 18.9. The smallest absolute Gasteiger partial charge is 0.242 e. The fourth-order valence-corrected chi connectivity index (χ4v) is 4.50. The summed E-state index contributed by atoms with van der Waals surface area (Å²) in [4.78, 5) is 14.8. The summed E-state index contributed by atoms with van der Waals surface area (Å²) < 4.78 is 36.8. The van der Waals surface area contributed by atoms with Crippen LogP contribution in [0.4, 0.5) is 4.39 Å². The van der Waals surface area contributed by atoms with Gasteiger partial charge in [-0.2, -0.15) is 0 Å². The molecule has 0 saturated carbocycles. The zero-order valence-corrected chi connectivity index (χ0v) is 16.1. The Morgan fingerprint density at radius 1 is 1.07 bits per heavy atom. The van der Waals surface area contributed by atoms with Crippen LogP contribution < -0.4 is 5.32 Å². The van der Waals surface area contributed by atoms with Crippen molar-refractivity contribution >= 4 is 15.7 Å². The number of benzene rings is 2. The Balaban J connectivity index is 1.72. The standard InChI is InChI=1S/C20H23FN2O4S/c21-17-8-4-7-16(13-17)18(24)14-22-20(25)19(15-5-2-1-3-6-15)23-9-11-28(26,27)12-10-23/h1-8,13,18-19,24H,9-12,14H2,(H,22,25). The molecule has 1 aliphatic rings. The zero-order valence-electron chi connectivity index (χ0n) is 15.3. The number of nitrogens with zero attached hydrogens (tertiary/aromatic N) is 1. The fourth-order valence-electron chi connectivity index (χ4n) is 3.27. The minimum Gasteiger partial charge on any atom is -0.387 e. The van der Waals surface area contributed by atoms with Gasteiger partial charge in [-0.3, -0.25) is 9.69 Å². The lowest BCUT2D eigenvalue weighted by Crippen LogP contribution is -2.48. The van der Waals surface area contributed by atoms with Gasteiger partial charge in [0.1, 0.15) is 11.9 Å². The summed E-state index contributed by atoms with van der Waals surface area (Å²) in [5.74, 6) is -0.772. The van der Waals surface area contributed by atoms with E-state index in [4.69, 9.17) is 0 Å². The molecule has 8 heteroatoms. The van der Waals surface area contributed by atoms with Crippen LogP contribution in [0.1, 0.15) is 23.3 Å². The van der Waals surface area contributed by atoms with Crippen molar-refractivity contribution in [2.45, 2.75) is 12.1 Å². The van der Waals surface area contributed by atoms with E-state index in [1.54, 1.807) is 6.07 Å². The van der Waals surface area contributed by atoms with Crippen LogP contribution in [0, 0.1) is 5.82 Å². The maximum Gasteiger partial charge on any atom is 0.242 e. The fraction of sp³-hybridized carbons (Fsp3) is 0.350. The molecule has 2 atom stereocenters. The second-order valence-corrected chi connectivity index (χ2v) is 9.12. The van der Waals surface area contributed by atoms with Crippen molar-refractivity contribution in [3.63, 3.8) is 0 Å². The van der Waals surface area contributed by atoms with Crippen LogP contribution in [0.5, 0.6) is 0 Å². The van der Waals surface area contributed by atoms with Gasteiger partial charge in [0.05, 0.1) is 17.6 Å². The molecule has 2 aromatic carbocycles. The van der Waals surface area contributed by atoms with E-state index in [0.29, 0.717) is 5.56 Å². The molecule has 2 aromatic rings. The lowest BCUT2D eigenvalue weighted by Gasteiger charge is -2.34. The Labute approximate surface area is 163 Å². The molecule has 1 heterocycles. The highest BCUT2D eigenvalue weighted by molar-refractivity contribution is 7.91. The molecular weight excluding hydrogens is 383 g/mol. The number of halogens is 1. The van der Waals surface area contributed by atoms with Gasteiger partial charge < -0.3 is 10.4 Å². The Morgan fingerprint density at radius 2 is 1.71 bits per heavy atom. The summed E-state index contributed by atoms with van der Waals surface area (Å²) in [6, 6.07) is 14.0. The van der Waals surface area contributed by atoms with E-state index in [1.165, 1.54) is 18.2 Å². The topological polar surface area (TPSA) is 86.7 Å². The summed E-state index contributed by atoms with van der Waals surface area (Å²) in [6.45, 7) is 0.460. The summed E-state index contributed by atoms with van der Waals surface area (Å²) in [5, 5.41) is 13.0. The van der Waals surface area contributed by atoms with Crippen molar-refractivity contribution in [1.82, 2.24) is 10.2 Å². The zero-order chi connectivity index (χ0) is 20.1. The Bertz CT molecular complexity index is 907. The third-order valence-corrected chi connectivity index (χ3v) is 6.42. The minimum atomic E-state index is -3.07. The Morgan fingerprint density at radius 3 is 2.36 bits per heavy atom. The third-order valence-electron chi connectivity index (χ3n) is 4.81. The van der Waals surface area contributed by atoms with Gasteiger partial charge in [0.15, 0.2) is 9.84 Å². The maximum absolute atomic E-state index is 13.3. The lowest BCUT2D eigenvalue weighted by atomic mass is 10.0. The number of carbonyl (C=O) groups is 1. The summed E-state index contributed by atoms with van der Waals surface area (Å²) in [5.41, 5.74) is 1.13. The minimum absolute atomic E-state index is 0.00946. The first-order chi connectivity index (χ1) is 13.4. The van der Waals surface area contributed by atoms with Gasteiger partial charge in [0.2, 0.25) is 5.91 Å². The van der Waals surface area contributed by atoms with Gasteiger partial charge in [-0.05, 0) is 23.3 Å². The van der Waals surface area contributed by atoms with Gasteiger partial charge in [0.25, 0.3) is 0 Å². The van der Waals surface area contributed by atoms with Crippen molar-refractivity contribution < 1.29 is 22.7 Å². The predicted molar refractivity (Wildman–Crippen MR) is 104 cm³/mol. The number of carbonyl (C=O) groups excluding carboxylic acids is 1. The SMILES string of the molecule is O=C(NCC(O)c1cccc(F)c1)C(c1ccccc1)N1CCS(=O)(=O)CC1. The molecule has 2 unspecified atom stereocenters. The van der Waals surface area contributed by atoms with Crippen LogP contribution in [0.3, 0.4) is 0 Å². The maximum atomic E-state index is 13.3. The van der Waals surface area contributed by atoms with Crippen molar-refractivity contribution in [3.05, 3.63) is 71.5 Å². The Hall–Kier alpha value is -2.29. The summed E-state index contributed by atoms with van der Waals surface area (Å²) in [7, 11) is -3.07. The monoisotopic (exact) mass is 406 g/mol. The Kier molecular flexibility index (Phi) is 6.43. The van der Waals surface area contributed by atoms with E-state index in [9.17, 15) is 22.7 Å². The van der Waals surface area contributed by atoms with E-state index in [-0.39, 0.29) is 37.0 Å². The number of hydrogen-bond acceptors (Lipinski definition) is 5. The first-order valence-corrected chi connectivity index (χ1v) is 10.9. The second-order valence-electron chi connectivity index (χ2n) is 6.82.